The molecule has 6 nitrogen and oxygen atoms in total. The summed E-state index contributed by atoms with van der Waals surface area (Å²) in [5.41, 5.74) is 1.50. The first-order chi connectivity index (χ1) is 9.60. The SMILES string of the molecule is COC(=O)c1cc(Cl)c2nnc(-c3csc(C)n3)n2c1. The molecule has 3 rings (SSSR count). The average molecular weight is 309 g/mol. The van der Waals surface area contributed by atoms with E-state index in [9.17, 15) is 4.79 Å². The van der Waals surface area contributed by atoms with E-state index in [-0.39, 0.29) is 0 Å². The van der Waals surface area contributed by atoms with Gasteiger partial charge in [-0.3, -0.25) is 4.40 Å². The van der Waals surface area contributed by atoms with Gasteiger partial charge >= 0.3 is 5.97 Å². The Morgan fingerprint density at radius 3 is 2.90 bits per heavy atom. The molecule has 3 aromatic heterocycles. The second kappa shape index (κ2) is 4.84. The molecule has 0 saturated heterocycles. The summed E-state index contributed by atoms with van der Waals surface area (Å²) in [5, 5.41) is 11.2. The molecule has 0 aliphatic carbocycles. The molecule has 0 bridgehead atoms. The summed E-state index contributed by atoms with van der Waals surface area (Å²) in [4.78, 5) is 16.0. The third-order valence-corrected chi connectivity index (χ3v) is 3.78. The molecule has 0 unspecified atom stereocenters. The van der Waals surface area contributed by atoms with Crippen molar-refractivity contribution in [3.05, 3.63) is 33.2 Å². The Balaban J connectivity index is 2.24. The summed E-state index contributed by atoms with van der Waals surface area (Å²) < 4.78 is 6.34. The maximum absolute atomic E-state index is 11.6. The minimum atomic E-state index is -0.470. The van der Waals surface area contributed by atoms with Gasteiger partial charge in [0.2, 0.25) is 0 Å². The Bertz CT molecular complexity index is 811. The van der Waals surface area contributed by atoms with Crippen LogP contribution in [-0.4, -0.2) is 32.7 Å². The van der Waals surface area contributed by atoms with Crippen molar-refractivity contribution in [3.8, 4) is 11.5 Å². The van der Waals surface area contributed by atoms with E-state index >= 15 is 0 Å². The first-order valence-electron chi connectivity index (χ1n) is 5.65. The van der Waals surface area contributed by atoms with Crippen molar-refractivity contribution in [2.24, 2.45) is 0 Å². The lowest BCUT2D eigenvalue weighted by atomic mass is 10.3. The van der Waals surface area contributed by atoms with Crippen LogP contribution >= 0.6 is 22.9 Å². The van der Waals surface area contributed by atoms with Crippen molar-refractivity contribution >= 4 is 34.6 Å². The van der Waals surface area contributed by atoms with Gasteiger partial charge in [-0.1, -0.05) is 11.6 Å². The second-order valence-electron chi connectivity index (χ2n) is 4.04. The van der Waals surface area contributed by atoms with Gasteiger partial charge in [0, 0.05) is 11.6 Å². The third kappa shape index (κ3) is 2.04. The number of carbonyl (C=O) groups is 1. The van der Waals surface area contributed by atoms with Crippen molar-refractivity contribution in [2.45, 2.75) is 6.92 Å². The summed E-state index contributed by atoms with van der Waals surface area (Å²) in [7, 11) is 1.32. The van der Waals surface area contributed by atoms with Crippen LogP contribution in [0.4, 0.5) is 0 Å². The quantitative estimate of drug-likeness (QED) is 0.681. The molecule has 0 N–H and O–H groups in total. The van der Waals surface area contributed by atoms with E-state index in [1.807, 2.05) is 12.3 Å². The molecule has 0 amide bonds. The molecular formula is C12H9ClN4O2S. The highest BCUT2D eigenvalue weighted by Gasteiger charge is 2.16. The number of aromatic nitrogens is 4. The molecular weight excluding hydrogens is 300 g/mol. The van der Waals surface area contributed by atoms with Gasteiger partial charge in [0.25, 0.3) is 0 Å². The Kier molecular flexibility index (Phi) is 3.15. The fourth-order valence-corrected chi connectivity index (χ4v) is 2.66. The fraction of sp³-hybridized carbons (Fsp3) is 0.167. The first kappa shape index (κ1) is 13.0. The van der Waals surface area contributed by atoms with E-state index < -0.39 is 5.97 Å². The highest BCUT2D eigenvalue weighted by molar-refractivity contribution is 7.09. The molecule has 8 heteroatoms. The molecule has 3 heterocycles. The molecule has 0 radical (unpaired) electrons. The molecule has 0 aliphatic rings. The van der Waals surface area contributed by atoms with E-state index in [2.05, 4.69) is 15.2 Å². The average Bonchev–Trinajstić information content (AvgIpc) is 3.03. The molecule has 0 aliphatic heterocycles. The lowest BCUT2D eigenvalue weighted by Gasteiger charge is -2.03. The summed E-state index contributed by atoms with van der Waals surface area (Å²) in [6.07, 6.45) is 1.59. The predicted octanol–water partition coefficient (Wildman–Crippen LogP) is 2.60. The van der Waals surface area contributed by atoms with Crippen LogP contribution in [0.5, 0.6) is 0 Å². The monoisotopic (exact) mass is 308 g/mol. The van der Waals surface area contributed by atoms with E-state index in [1.54, 1.807) is 10.6 Å². The first-order valence-corrected chi connectivity index (χ1v) is 6.91. The van der Waals surface area contributed by atoms with Crippen molar-refractivity contribution in [3.63, 3.8) is 0 Å². The number of methoxy groups -OCH3 is 1. The number of hydrogen-bond donors (Lipinski definition) is 0. The number of nitrogens with zero attached hydrogens (tertiary/aromatic N) is 4. The Hall–Kier alpha value is -1.99. The number of fused-ring (bicyclic) bond motifs is 1. The standard InChI is InChI=1S/C12H9ClN4O2S/c1-6-14-9(5-20-6)11-16-15-10-8(13)3-7(4-17(10)11)12(18)19-2/h3-5H,1-2H3. The summed E-state index contributed by atoms with van der Waals surface area (Å²) in [6, 6.07) is 1.51. The van der Waals surface area contributed by atoms with Crippen molar-refractivity contribution in [1.29, 1.82) is 0 Å². The third-order valence-electron chi connectivity index (χ3n) is 2.73. The number of esters is 1. The second-order valence-corrected chi connectivity index (χ2v) is 5.51. The normalized spacial score (nSPS) is 10.9. The van der Waals surface area contributed by atoms with Gasteiger partial charge in [-0.15, -0.1) is 21.5 Å². The number of ether oxygens (including phenoxy) is 1. The molecule has 102 valence electrons. The highest BCUT2D eigenvalue weighted by Crippen LogP contribution is 2.25. The molecule has 0 atom stereocenters. The lowest BCUT2D eigenvalue weighted by Crippen LogP contribution is -2.04. The van der Waals surface area contributed by atoms with Gasteiger partial charge in [0.1, 0.15) is 5.69 Å². The molecule has 20 heavy (non-hydrogen) atoms. The maximum atomic E-state index is 11.6. The molecule has 0 aromatic carbocycles. The van der Waals surface area contributed by atoms with Gasteiger partial charge in [-0.05, 0) is 13.0 Å². The molecule has 0 fully saturated rings. The number of rotatable bonds is 2. The van der Waals surface area contributed by atoms with E-state index in [0.717, 1.165) is 5.01 Å². The molecule has 3 aromatic rings. The van der Waals surface area contributed by atoms with E-state index in [0.29, 0.717) is 27.8 Å². The van der Waals surface area contributed by atoms with Crippen LogP contribution in [-0.2, 0) is 4.74 Å². The van der Waals surface area contributed by atoms with Crippen molar-refractivity contribution in [2.75, 3.05) is 7.11 Å². The summed E-state index contributed by atoms with van der Waals surface area (Å²) in [5.74, 6) is 0.0694. The number of aryl methyl sites for hydroxylation is 1. The largest absolute Gasteiger partial charge is 0.465 e. The predicted molar refractivity (Wildman–Crippen MR) is 75.2 cm³/mol. The summed E-state index contributed by atoms with van der Waals surface area (Å²) >= 11 is 7.63. The number of halogens is 1. The maximum Gasteiger partial charge on any atom is 0.339 e. The van der Waals surface area contributed by atoms with Crippen LogP contribution in [0, 0.1) is 6.92 Å². The molecule has 0 saturated carbocycles. The Labute approximate surface area is 123 Å². The number of thiazole rings is 1. The number of hydrogen-bond acceptors (Lipinski definition) is 6. The highest BCUT2D eigenvalue weighted by atomic mass is 35.5. The zero-order chi connectivity index (χ0) is 14.3. The topological polar surface area (TPSA) is 69.4 Å². The number of carbonyl (C=O) groups excluding carboxylic acids is 1. The van der Waals surface area contributed by atoms with Crippen molar-refractivity contribution in [1.82, 2.24) is 19.6 Å². The minimum absolute atomic E-state index is 0.331. The van der Waals surface area contributed by atoms with Crippen molar-refractivity contribution < 1.29 is 9.53 Å². The van der Waals surface area contributed by atoms with Crippen LogP contribution in [0.1, 0.15) is 15.4 Å². The van der Waals surface area contributed by atoms with Gasteiger partial charge < -0.3 is 4.74 Å². The van der Waals surface area contributed by atoms with Crippen LogP contribution in [0.3, 0.4) is 0 Å². The Morgan fingerprint density at radius 1 is 1.45 bits per heavy atom. The van der Waals surface area contributed by atoms with Crippen LogP contribution in [0.15, 0.2) is 17.6 Å². The van der Waals surface area contributed by atoms with Crippen LogP contribution in [0.25, 0.3) is 17.2 Å². The smallest absolute Gasteiger partial charge is 0.339 e. The minimum Gasteiger partial charge on any atom is -0.465 e. The molecule has 0 spiro atoms. The number of pyridine rings is 1. The van der Waals surface area contributed by atoms with Gasteiger partial charge in [-0.2, -0.15) is 0 Å². The fourth-order valence-electron chi connectivity index (χ4n) is 1.82. The zero-order valence-corrected chi connectivity index (χ0v) is 12.2. The zero-order valence-electron chi connectivity index (χ0n) is 10.6. The van der Waals surface area contributed by atoms with Crippen LogP contribution < -0.4 is 0 Å². The van der Waals surface area contributed by atoms with Crippen LogP contribution in [0.2, 0.25) is 5.02 Å². The van der Waals surface area contributed by atoms with Gasteiger partial charge in [0.15, 0.2) is 11.5 Å². The Morgan fingerprint density at radius 2 is 2.25 bits per heavy atom. The lowest BCUT2D eigenvalue weighted by molar-refractivity contribution is 0.0600. The summed E-state index contributed by atoms with van der Waals surface area (Å²) in [6.45, 7) is 1.91. The van der Waals surface area contributed by atoms with E-state index in [4.69, 9.17) is 16.3 Å². The van der Waals surface area contributed by atoms with Gasteiger partial charge in [0.05, 0.1) is 22.7 Å². The van der Waals surface area contributed by atoms with Gasteiger partial charge in [-0.25, -0.2) is 9.78 Å². The van der Waals surface area contributed by atoms with E-state index in [1.165, 1.54) is 24.5 Å².